The number of aliphatic carboxylic acids is 1. The summed E-state index contributed by atoms with van der Waals surface area (Å²) in [4.78, 5) is 23.5. The lowest BCUT2D eigenvalue weighted by molar-refractivity contribution is -0.159. The number of hydrogen-bond acceptors (Lipinski definition) is 3. The van der Waals surface area contributed by atoms with Gasteiger partial charge in [-0.1, -0.05) is 58.1 Å². The molecule has 0 aliphatic heterocycles. The van der Waals surface area contributed by atoms with Gasteiger partial charge >= 0.3 is 5.97 Å². The number of carbonyl (C=O) groups is 2. The monoisotopic (exact) mass is 418 g/mol. The van der Waals surface area contributed by atoms with E-state index < -0.39 is 11.6 Å². The molecule has 1 saturated carbocycles. The Bertz CT molecular complexity index is 639. The van der Waals surface area contributed by atoms with Crippen molar-refractivity contribution >= 4 is 11.8 Å². The number of ketones is 1. The number of hydrogen-bond donors (Lipinski definition) is 2. The quantitative estimate of drug-likeness (QED) is 0.315. The minimum absolute atomic E-state index is 0.223. The third kappa shape index (κ3) is 6.80. The average molecular weight is 419 g/mol. The molecule has 4 nitrogen and oxygen atoms in total. The molecule has 0 aromatic carbocycles. The van der Waals surface area contributed by atoms with Crippen molar-refractivity contribution in [3.05, 3.63) is 23.3 Å². The van der Waals surface area contributed by atoms with Gasteiger partial charge in [0.2, 0.25) is 0 Å². The van der Waals surface area contributed by atoms with E-state index in [1.165, 1.54) is 50.5 Å². The second-order valence-electron chi connectivity index (χ2n) is 9.60. The zero-order chi connectivity index (χ0) is 22.0. The fraction of sp³-hybridized carbons (Fsp3) is 0.769. The number of Topliss-reactive ketones (excluding diaryl/α,β-unsaturated/α-hetero) is 1. The number of unbranched alkanes of at least 4 members (excludes halogenated alkanes) is 3. The maximum absolute atomic E-state index is 12.4. The molecule has 1 atom stereocenters. The topological polar surface area (TPSA) is 74.6 Å². The summed E-state index contributed by atoms with van der Waals surface area (Å²) < 4.78 is 0. The van der Waals surface area contributed by atoms with E-state index in [2.05, 4.69) is 19.1 Å². The molecule has 2 aliphatic rings. The molecule has 2 N–H and O–H groups in total. The summed E-state index contributed by atoms with van der Waals surface area (Å²) in [6.45, 7) is 3.97. The smallest absolute Gasteiger partial charge is 0.335 e. The molecule has 170 valence electrons. The molecule has 0 aromatic heterocycles. The van der Waals surface area contributed by atoms with Crippen LogP contribution >= 0.6 is 0 Å². The summed E-state index contributed by atoms with van der Waals surface area (Å²) in [6, 6.07) is 0. The first kappa shape index (κ1) is 24.8. The first-order valence-corrected chi connectivity index (χ1v) is 12.2. The van der Waals surface area contributed by atoms with E-state index in [0.717, 1.165) is 37.7 Å². The molecule has 4 heteroatoms. The molecule has 0 spiro atoms. The number of carboxylic acid groups (broad SMARTS) is 1. The van der Waals surface area contributed by atoms with Gasteiger partial charge in [-0.3, -0.25) is 4.79 Å². The Labute approximate surface area is 182 Å². The Kier molecular flexibility index (Phi) is 9.80. The van der Waals surface area contributed by atoms with Crippen molar-refractivity contribution in [3.8, 4) is 0 Å². The van der Waals surface area contributed by atoms with Crippen LogP contribution in [0.5, 0.6) is 0 Å². The molecule has 0 heterocycles. The maximum atomic E-state index is 12.4. The summed E-state index contributed by atoms with van der Waals surface area (Å²) in [5, 5.41) is 19.2. The third-order valence-corrected chi connectivity index (χ3v) is 7.44. The minimum Gasteiger partial charge on any atom is -0.479 e. The summed E-state index contributed by atoms with van der Waals surface area (Å²) in [6.07, 6.45) is 20.2. The predicted molar refractivity (Wildman–Crippen MR) is 121 cm³/mol. The molecule has 1 fully saturated rings. The largest absolute Gasteiger partial charge is 0.479 e. The number of aliphatic hydroxyl groups is 1. The van der Waals surface area contributed by atoms with Gasteiger partial charge in [0.15, 0.2) is 11.4 Å². The Morgan fingerprint density at radius 2 is 1.83 bits per heavy atom. The second-order valence-corrected chi connectivity index (χ2v) is 9.60. The highest BCUT2D eigenvalue weighted by molar-refractivity contribution is 5.99. The Morgan fingerprint density at radius 3 is 2.47 bits per heavy atom. The van der Waals surface area contributed by atoms with E-state index in [1.54, 1.807) is 6.92 Å². The second kappa shape index (κ2) is 11.8. The van der Waals surface area contributed by atoms with Crippen molar-refractivity contribution in [2.75, 3.05) is 0 Å². The minimum atomic E-state index is -1.61. The maximum Gasteiger partial charge on any atom is 0.335 e. The fourth-order valence-electron chi connectivity index (χ4n) is 5.23. The Hall–Kier alpha value is -1.42. The number of carbonyl (C=O) groups excluding carboxylic acids is 1. The SMILES string of the molecule is CCCCC1(CC=CC2=C(CCCCCC(O)(CC)C(=O)O)C(=O)CC2)CCCC1. The van der Waals surface area contributed by atoms with E-state index in [1.807, 2.05) is 0 Å². The van der Waals surface area contributed by atoms with Crippen LogP contribution in [0.15, 0.2) is 23.3 Å². The van der Waals surface area contributed by atoms with Gasteiger partial charge in [0.1, 0.15) is 0 Å². The van der Waals surface area contributed by atoms with Gasteiger partial charge in [0, 0.05) is 6.42 Å². The van der Waals surface area contributed by atoms with E-state index >= 15 is 0 Å². The van der Waals surface area contributed by atoms with Gasteiger partial charge in [0.25, 0.3) is 0 Å². The van der Waals surface area contributed by atoms with Gasteiger partial charge in [0.05, 0.1) is 0 Å². The summed E-state index contributed by atoms with van der Waals surface area (Å²) in [5.41, 5.74) is 1.10. The molecule has 0 radical (unpaired) electrons. The van der Waals surface area contributed by atoms with Crippen molar-refractivity contribution in [3.63, 3.8) is 0 Å². The lowest BCUT2D eigenvalue weighted by Crippen LogP contribution is -2.37. The van der Waals surface area contributed by atoms with Crippen molar-refractivity contribution in [1.29, 1.82) is 0 Å². The third-order valence-electron chi connectivity index (χ3n) is 7.44. The molecule has 30 heavy (non-hydrogen) atoms. The summed E-state index contributed by atoms with van der Waals surface area (Å²) in [5.74, 6) is -0.850. The first-order valence-electron chi connectivity index (χ1n) is 12.2. The van der Waals surface area contributed by atoms with Crippen LogP contribution in [0.1, 0.15) is 117 Å². The van der Waals surface area contributed by atoms with Crippen LogP contribution in [0.2, 0.25) is 0 Å². The van der Waals surface area contributed by atoms with E-state index in [9.17, 15) is 14.7 Å². The average Bonchev–Trinajstić information content (AvgIpc) is 3.33. The van der Waals surface area contributed by atoms with Gasteiger partial charge in [-0.25, -0.2) is 4.79 Å². The molecule has 0 bridgehead atoms. The summed E-state index contributed by atoms with van der Waals surface area (Å²) in [7, 11) is 0. The molecule has 0 saturated heterocycles. The highest BCUT2D eigenvalue weighted by Crippen LogP contribution is 2.45. The van der Waals surface area contributed by atoms with Gasteiger partial charge in [-0.2, -0.15) is 0 Å². The molecule has 2 aliphatic carbocycles. The van der Waals surface area contributed by atoms with Crippen LogP contribution in [-0.4, -0.2) is 27.6 Å². The van der Waals surface area contributed by atoms with Crippen molar-refractivity contribution in [2.45, 2.75) is 122 Å². The van der Waals surface area contributed by atoms with E-state index in [4.69, 9.17) is 5.11 Å². The van der Waals surface area contributed by atoms with Crippen LogP contribution < -0.4 is 0 Å². The highest BCUT2D eigenvalue weighted by Gasteiger charge is 2.33. The zero-order valence-corrected chi connectivity index (χ0v) is 19.2. The number of allylic oxidation sites excluding steroid dienone is 4. The van der Waals surface area contributed by atoms with Crippen LogP contribution in [0.3, 0.4) is 0 Å². The van der Waals surface area contributed by atoms with E-state index in [-0.39, 0.29) is 18.6 Å². The number of carboxylic acids is 1. The van der Waals surface area contributed by atoms with Gasteiger partial charge < -0.3 is 10.2 Å². The van der Waals surface area contributed by atoms with Gasteiger partial charge in [-0.05, 0) is 80.8 Å². The predicted octanol–water partition coefficient (Wildman–Crippen LogP) is 6.52. The van der Waals surface area contributed by atoms with E-state index in [0.29, 0.717) is 18.3 Å². The van der Waals surface area contributed by atoms with Gasteiger partial charge in [-0.15, -0.1) is 0 Å². The fourth-order valence-corrected chi connectivity index (χ4v) is 5.23. The van der Waals surface area contributed by atoms with Crippen LogP contribution in [-0.2, 0) is 9.59 Å². The Balaban J connectivity index is 1.85. The first-order chi connectivity index (χ1) is 14.4. The van der Waals surface area contributed by atoms with Crippen molar-refractivity contribution in [1.82, 2.24) is 0 Å². The highest BCUT2D eigenvalue weighted by atomic mass is 16.4. The molecule has 1 unspecified atom stereocenters. The summed E-state index contributed by atoms with van der Waals surface area (Å²) >= 11 is 0. The molecular formula is C26H42O4. The van der Waals surface area contributed by atoms with Crippen LogP contribution in [0.4, 0.5) is 0 Å². The molecule has 2 rings (SSSR count). The standard InChI is InChI=1S/C26H42O4/c1-3-5-16-25(17-9-10-18-25)19-11-12-21-14-15-23(27)22(21)13-7-6-8-20-26(30,4-2)24(28)29/h11-12,30H,3-10,13-20H2,1-2H3,(H,28,29). The van der Waals surface area contributed by atoms with Crippen molar-refractivity contribution in [2.24, 2.45) is 5.41 Å². The molecular weight excluding hydrogens is 376 g/mol. The molecule has 0 amide bonds. The molecule has 0 aromatic rings. The zero-order valence-electron chi connectivity index (χ0n) is 19.2. The lowest BCUT2D eigenvalue weighted by Gasteiger charge is -2.27. The van der Waals surface area contributed by atoms with Crippen LogP contribution in [0, 0.1) is 5.41 Å². The van der Waals surface area contributed by atoms with Crippen LogP contribution in [0.25, 0.3) is 0 Å². The van der Waals surface area contributed by atoms with Crippen molar-refractivity contribution < 1.29 is 19.8 Å². The normalized spacial score (nSPS) is 21.0. The lowest BCUT2D eigenvalue weighted by atomic mass is 9.78. The Morgan fingerprint density at radius 1 is 1.10 bits per heavy atom. The number of rotatable bonds is 14.